The SMILES string of the molecule is COc1cccc(C(=O)NC2CCN(c3cc(-c4ccc(Cl)cc4)[nH]n3)CC2)c1. The lowest BCUT2D eigenvalue weighted by molar-refractivity contribution is 0.0930. The monoisotopic (exact) mass is 410 g/mol. The summed E-state index contributed by atoms with van der Waals surface area (Å²) >= 11 is 5.96. The van der Waals surface area contributed by atoms with Crippen molar-refractivity contribution >= 4 is 23.3 Å². The second-order valence-electron chi connectivity index (χ2n) is 7.11. The molecule has 0 radical (unpaired) electrons. The zero-order valence-corrected chi connectivity index (χ0v) is 16.9. The molecular formula is C22H23ClN4O2. The lowest BCUT2D eigenvalue weighted by Gasteiger charge is -2.32. The molecule has 0 aliphatic carbocycles. The summed E-state index contributed by atoms with van der Waals surface area (Å²) in [6.07, 6.45) is 1.75. The highest BCUT2D eigenvalue weighted by atomic mass is 35.5. The minimum Gasteiger partial charge on any atom is -0.497 e. The maximum absolute atomic E-state index is 12.5. The second-order valence-corrected chi connectivity index (χ2v) is 7.55. The predicted octanol–water partition coefficient (Wildman–Crippen LogP) is 4.14. The second kappa shape index (κ2) is 8.57. The number of methoxy groups -OCH3 is 1. The van der Waals surface area contributed by atoms with Gasteiger partial charge in [-0.2, -0.15) is 5.10 Å². The van der Waals surface area contributed by atoms with Crippen LogP contribution in [0.1, 0.15) is 23.2 Å². The molecule has 2 aromatic carbocycles. The van der Waals surface area contributed by atoms with Crippen molar-refractivity contribution in [3.8, 4) is 17.0 Å². The van der Waals surface area contributed by atoms with Gasteiger partial charge in [-0.15, -0.1) is 0 Å². The van der Waals surface area contributed by atoms with Crippen LogP contribution in [0.4, 0.5) is 5.82 Å². The average molecular weight is 411 g/mol. The molecule has 0 spiro atoms. The maximum Gasteiger partial charge on any atom is 0.251 e. The van der Waals surface area contributed by atoms with E-state index in [0.717, 1.165) is 43.0 Å². The number of halogens is 1. The first kappa shape index (κ1) is 19.3. The van der Waals surface area contributed by atoms with E-state index in [9.17, 15) is 4.79 Å². The summed E-state index contributed by atoms with van der Waals surface area (Å²) in [5.41, 5.74) is 2.63. The minimum atomic E-state index is -0.0628. The molecule has 0 atom stereocenters. The Bertz CT molecular complexity index is 978. The van der Waals surface area contributed by atoms with Gasteiger partial charge in [-0.1, -0.05) is 29.8 Å². The third-order valence-electron chi connectivity index (χ3n) is 5.21. The molecule has 1 aliphatic rings. The first-order chi connectivity index (χ1) is 14.1. The third kappa shape index (κ3) is 4.54. The quantitative estimate of drug-likeness (QED) is 0.663. The molecule has 0 unspecified atom stereocenters. The van der Waals surface area contributed by atoms with Crippen molar-refractivity contribution in [3.05, 3.63) is 65.2 Å². The smallest absolute Gasteiger partial charge is 0.251 e. The number of nitrogens with one attached hydrogen (secondary N) is 2. The topological polar surface area (TPSA) is 70.2 Å². The summed E-state index contributed by atoms with van der Waals surface area (Å²) < 4.78 is 5.19. The van der Waals surface area contributed by atoms with Crippen LogP contribution in [0.5, 0.6) is 5.75 Å². The molecule has 1 aliphatic heterocycles. The molecule has 6 nitrogen and oxygen atoms in total. The standard InChI is InChI=1S/C22H23ClN4O2/c1-29-19-4-2-3-16(13-19)22(28)24-18-9-11-27(12-10-18)21-14-20(25-26-21)15-5-7-17(23)8-6-15/h2-8,13-14,18H,9-12H2,1H3,(H,24,28)(H,25,26). The van der Waals surface area contributed by atoms with Gasteiger partial charge < -0.3 is 15.0 Å². The summed E-state index contributed by atoms with van der Waals surface area (Å²) in [6, 6.07) is 17.1. The number of piperidine rings is 1. The Labute approximate surface area is 174 Å². The normalized spacial score (nSPS) is 14.6. The number of aromatic nitrogens is 2. The van der Waals surface area contributed by atoms with Crippen molar-refractivity contribution in [2.24, 2.45) is 0 Å². The number of hydrogen-bond donors (Lipinski definition) is 2. The number of amides is 1. The molecule has 1 aromatic heterocycles. The fourth-order valence-corrected chi connectivity index (χ4v) is 3.66. The van der Waals surface area contributed by atoms with Gasteiger partial charge in [0.1, 0.15) is 5.75 Å². The zero-order chi connectivity index (χ0) is 20.2. The molecular weight excluding hydrogens is 388 g/mol. The van der Waals surface area contributed by atoms with Gasteiger partial charge in [0.25, 0.3) is 5.91 Å². The van der Waals surface area contributed by atoms with E-state index >= 15 is 0 Å². The lowest BCUT2D eigenvalue weighted by Crippen LogP contribution is -2.44. The molecule has 150 valence electrons. The van der Waals surface area contributed by atoms with E-state index < -0.39 is 0 Å². The van der Waals surface area contributed by atoms with Gasteiger partial charge in [0, 0.05) is 35.8 Å². The lowest BCUT2D eigenvalue weighted by atomic mass is 10.0. The fraction of sp³-hybridized carbons (Fsp3) is 0.273. The van der Waals surface area contributed by atoms with Crippen LogP contribution in [-0.4, -0.2) is 42.3 Å². The molecule has 0 saturated carbocycles. The van der Waals surface area contributed by atoms with E-state index in [1.807, 2.05) is 36.4 Å². The van der Waals surface area contributed by atoms with Gasteiger partial charge in [0.2, 0.25) is 0 Å². The zero-order valence-electron chi connectivity index (χ0n) is 16.2. The molecule has 0 bridgehead atoms. The van der Waals surface area contributed by atoms with Crippen LogP contribution < -0.4 is 15.0 Å². The van der Waals surface area contributed by atoms with Crippen molar-refractivity contribution < 1.29 is 9.53 Å². The number of anilines is 1. The van der Waals surface area contributed by atoms with Crippen LogP contribution in [0.3, 0.4) is 0 Å². The Morgan fingerprint density at radius 3 is 2.66 bits per heavy atom. The van der Waals surface area contributed by atoms with Crippen LogP contribution in [-0.2, 0) is 0 Å². The first-order valence-corrected chi connectivity index (χ1v) is 10.0. The summed E-state index contributed by atoms with van der Waals surface area (Å²) in [5, 5.41) is 11.4. The van der Waals surface area contributed by atoms with Crippen LogP contribution in [0, 0.1) is 0 Å². The van der Waals surface area contributed by atoms with E-state index in [-0.39, 0.29) is 11.9 Å². The summed E-state index contributed by atoms with van der Waals surface area (Å²) in [5.74, 6) is 1.54. The third-order valence-corrected chi connectivity index (χ3v) is 5.46. The van der Waals surface area contributed by atoms with E-state index in [1.54, 1.807) is 19.2 Å². The highest BCUT2D eigenvalue weighted by molar-refractivity contribution is 6.30. The van der Waals surface area contributed by atoms with E-state index in [0.29, 0.717) is 16.3 Å². The summed E-state index contributed by atoms with van der Waals surface area (Å²) in [7, 11) is 1.60. The highest BCUT2D eigenvalue weighted by Gasteiger charge is 2.23. The largest absolute Gasteiger partial charge is 0.497 e. The van der Waals surface area contributed by atoms with Crippen molar-refractivity contribution in [3.63, 3.8) is 0 Å². The molecule has 3 aromatic rings. The van der Waals surface area contributed by atoms with Gasteiger partial charge in [0.05, 0.1) is 12.8 Å². The van der Waals surface area contributed by atoms with E-state index in [2.05, 4.69) is 26.5 Å². The Morgan fingerprint density at radius 1 is 1.17 bits per heavy atom. The molecule has 2 heterocycles. The number of benzene rings is 2. The number of rotatable bonds is 5. The minimum absolute atomic E-state index is 0.0628. The Kier molecular flexibility index (Phi) is 5.71. The van der Waals surface area contributed by atoms with Crippen molar-refractivity contribution in [2.75, 3.05) is 25.1 Å². The highest BCUT2D eigenvalue weighted by Crippen LogP contribution is 2.25. The number of ether oxygens (including phenoxy) is 1. The van der Waals surface area contributed by atoms with Crippen molar-refractivity contribution in [1.82, 2.24) is 15.5 Å². The van der Waals surface area contributed by atoms with Gasteiger partial charge in [-0.3, -0.25) is 9.89 Å². The van der Waals surface area contributed by atoms with Gasteiger partial charge in [-0.25, -0.2) is 0 Å². The van der Waals surface area contributed by atoms with E-state index in [1.165, 1.54) is 0 Å². The predicted molar refractivity (Wildman–Crippen MR) is 115 cm³/mol. The van der Waals surface area contributed by atoms with Gasteiger partial charge in [-0.05, 0) is 48.7 Å². The van der Waals surface area contributed by atoms with Gasteiger partial charge >= 0.3 is 0 Å². The summed E-state index contributed by atoms with van der Waals surface area (Å²) in [4.78, 5) is 14.7. The molecule has 1 amide bonds. The van der Waals surface area contributed by atoms with Crippen molar-refractivity contribution in [2.45, 2.75) is 18.9 Å². The van der Waals surface area contributed by atoms with Crippen LogP contribution >= 0.6 is 11.6 Å². The number of H-pyrrole nitrogens is 1. The number of carbonyl (C=O) groups is 1. The van der Waals surface area contributed by atoms with Gasteiger partial charge in [0.15, 0.2) is 5.82 Å². The van der Waals surface area contributed by atoms with Crippen LogP contribution in [0.25, 0.3) is 11.3 Å². The Morgan fingerprint density at radius 2 is 1.93 bits per heavy atom. The van der Waals surface area contributed by atoms with Crippen molar-refractivity contribution in [1.29, 1.82) is 0 Å². The Hall–Kier alpha value is -2.99. The summed E-state index contributed by atoms with van der Waals surface area (Å²) in [6.45, 7) is 1.68. The van der Waals surface area contributed by atoms with E-state index in [4.69, 9.17) is 16.3 Å². The molecule has 4 rings (SSSR count). The number of aromatic amines is 1. The fourth-order valence-electron chi connectivity index (χ4n) is 3.54. The maximum atomic E-state index is 12.5. The molecule has 2 N–H and O–H groups in total. The molecule has 7 heteroatoms. The Balaban J connectivity index is 1.33. The number of hydrogen-bond acceptors (Lipinski definition) is 4. The van der Waals surface area contributed by atoms with Crippen LogP contribution in [0.2, 0.25) is 5.02 Å². The first-order valence-electron chi connectivity index (χ1n) is 9.63. The average Bonchev–Trinajstić information content (AvgIpc) is 3.25. The molecule has 1 fully saturated rings. The number of nitrogens with zero attached hydrogens (tertiary/aromatic N) is 2. The number of carbonyl (C=O) groups excluding carboxylic acids is 1. The van der Waals surface area contributed by atoms with Crippen LogP contribution in [0.15, 0.2) is 54.6 Å². The molecule has 1 saturated heterocycles. The molecule has 29 heavy (non-hydrogen) atoms.